The van der Waals surface area contributed by atoms with Crippen LogP contribution < -0.4 is 5.32 Å². The average Bonchev–Trinajstić information content (AvgIpc) is 2.47. The molecular formula is C12H18ClNS. The minimum Gasteiger partial charge on any atom is -0.308 e. The summed E-state index contributed by atoms with van der Waals surface area (Å²) in [6.45, 7) is 9.55. The van der Waals surface area contributed by atoms with Gasteiger partial charge < -0.3 is 5.32 Å². The predicted molar refractivity (Wildman–Crippen MR) is 70.7 cm³/mol. The van der Waals surface area contributed by atoms with E-state index in [0.717, 1.165) is 11.6 Å². The molecule has 0 bridgehead atoms. The third-order valence-corrected chi connectivity index (χ3v) is 3.10. The van der Waals surface area contributed by atoms with Crippen LogP contribution in [-0.4, -0.2) is 12.1 Å². The molecule has 0 atom stereocenters. The van der Waals surface area contributed by atoms with Gasteiger partial charge in [-0.15, -0.1) is 11.3 Å². The first-order chi connectivity index (χ1) is 6.87. The van der Waals surface area contributed by atoms with Crippen LogP contribution in [0.5, 0.6) is 0 Å². The van der Waals surface area contributed by atoms with E-state index >= 15 is 0 Å². The fourth-order valence-corrected chi connectivity index (χ4v) is 2.20. The number of hydrogen-bond donors (Lipinski definition) is 1. The molecule has 0 unspecified atom stereocenters. The van der Waals surface area contributed by atoms with Gasteiger partial charge in [-0.05, 0) is 39.8 Å². The van der Waals surface area contributed by atoms with Gasteiger partial charge in [0.25, 0.3) is 0 Å². The molecule has 0 fully saturated rings. The van der Waals surface area contributed by atoms with E-state index in [1.165, 1.54) is 10.5 Å². The Morgan fingerprint density at radius 1 is 1.53 bits per heavy atom. The van der Waals surface area contributed by atoms with Gasteiger partial charge in [-0.1, -0.05) is 17.2 Å². The Morgan fingerprint density at radius 2 is 2.20 bits per heavy atom. The molecule has 0 aliphatic rings. The third kappa shape index (κ3) is 5.36. The molecule has 1 heterocycles. The Hall–Kier alpha value is -0.310. The van der Waals surface area contributed by atoms with Gasteiger partial charge in [-0.3, -0.25) is 0 Å². The maximum Gasteiger partial charge on any atom is 0.0519 e. The molecule has 0 amide bonds. The molecule has 0 saturated heterocycles. The van der Waals surface area contributed by atoms with Crippen LogP contribution in [0.2, 0.25) is 5.02 Å². The third-order valence-electron chi connectivity index (χ3n) is 1.87. The fourth-order valence-electron chi connectivity index (χ4n) is 1.10. The highest BCUT2D eigenvalue weighted by molar-refractivity contribution is 7.11. The Bertz CT molecular complexity index is 347. The highest BCUT2D eigenvalue weighted by Gasteiger charge is 2.07. The van der Waals surface area contributed by atoms with E-state index in [0.29, 0.717) is 0 Å². The molecule has 1 nitrogen and oxygen atoms in total. The molecule has 15 heavy (non-hydrogen) atoms. The maximum absolute atomic E-state index is 5.86. The van der Waals surface area contributed by atoms with Gasteiger partial charge >= 0.3 is 0 Å². The summed E-state index contributed by atoms with van der Waals surface area (Å²) in [4.78, 5) is 1.22. The van der Waals surface area contributed by atoms with Crippen molar-refractivity contribution in [2.75, 3.05) is 6.54 Å². The summed E-state index contributed by atoms with van der Waals surface area (Å²) in [7, 11) is 0. The number of thiophene rings is 1. The molecule has 84 valence electrons. The van der Waals surface area contributed by atoms with Gasteiger partial charge in [-0.2, -0.15) is 0 Å². The molecule has 1 N–H and O–H groups in total. The molecule has 3 heteroatoms. The lowest BCUT2D eigenvalue weighted by atomic mass is 10.1. The van der Waals surface area contributed by atoms with Crippen LogP contribution in [0.4, 0.5) is 0 Å². The van der Waals surface area contributed by atoms with Gasteiger partial charge in [0.2, 0.25) is 0 Å². The maximum atomic E-state index is 5.86. The van der Waals surface area contributed by atoms with E-state index in [1.807, 2.05) is 11.4 Å². The van der Waals surface area contributed by atoms with Gasteiger partial charge in [0.1, 0.15) is 0 Å². The zero-order chi connectivity index (χ0) is 11.5. The van der Waals surface area contributed by atoms with Crippen molar-refractivity contribution in [2.24, 2.45) is 0 Å². The lowest BCUT2D eigenvalue weighted by Crippen LogP contribution is -2.36. The topological polar surface area (TPSA) is 12.0 Å². The Balaban J connectivity index is 2.53. The number of hydrogen-bond acceptors (Lipinski definition) is 2. The van der Waals surface area contributed by atoms with E-state index in [9.17, 15) is 0 Å². The number of halogens is 1. The van der Waals surface area contributed by atoms with Crippen molar-refractivity contribution in [3.63, 3.8) is 0 Å². The summed E-state index contributed by atoms with van der Waals surface area (Å²) in [5, 5.41) is 6.23. The molecule has 0 radical (unpaired) electrons. The van der Waals surface area contributed by atoms with Crippen molar-refractivity contribution in [2.45, 2.75) is 33.2 Å². The summed E-state index contributed by atoms with van der Waals surface area (Å²) < 4.78 is 0. The van der Waals surface area contributed by atoms with Crippen molar-refractivity contribution in [3.05, 3.63) is 26.9 Å². The van der Waals surface area contributed by atoms with E-state index in [-0.39, 0.29) is 5.54 Å². The number of nitrogens with one attached hydrogen (secondary N) is 1. The standard InChI is InChI=1S/C12H18ClNS/c1-9(7-14-12(2,3)4)5-11-6-10(13)8-15-11/h5-6,8,14H,7H2,1-4H3. The molecule has 0 aliphatic heterocycles. The zero-order valence-corrected chi connectivity index (χ0v) is 11.3. The molecule has 1 rings (SSSR count). The van der Waals surface area contributed by atoms with E-state index < -0.39 is 0 Å². The van der Waals surface area contributed by atoms with Crippen LogP contribution in [0, 0.1) is 0 Å². The van der Waals surface area contributed by atoms with Crippen LogP contribution >= 0.6 is 22.9 Å². The van der Waals surface area contributed by atoms with Crippen LogP contribution in [0.3, 0.4) is 0 Å². The van der Waals surface area contributed by atoms with Crippen molar-refractivity contribution < 1.29 is 0 Å². The Labute approximate surface area is 101 Å². The Kier molecular flexibility index (Phi) is 4.38. The second-order valence-electron chi connectivity index (χ2n) is 4.76. The predicted octanol–water partition coefficient (Wildman–Crippen LogP) is 4.19. The van der Waals surface area contributed by atoms with Gasteiger partial charge in [0, 0.05) is 22.3 Å². The van der Waals surface area contributed by atoms with Crippen molar-refractivity contribution in [1.82, 2.24) is 5.32 Å². The monoisotopic (exact) mass is 243 g/mol. The summed E-state index contributed by atoms with van der Waals surface area (Å²) in [5.41, 5.74) is 1.49. The molecule has 0 aromatic carbocycles. The van der Waals surface area contributed by atoms with Crippen LogP contribution in [0.25, 0.3) is 6.08 Å². The second kappa shape index (κ2) is 5.15. The van der Waals surface area contributed by atoms with Crippen molar-refractivity contribution in [3.8, 4) is 0 Å². The van der Waals surface area contributed by atoms with Crippen LogP contribution in [0.1, 0.15) is 32.6 Å². The minimum atomic E-state index is 0.169. The van der Waals surface area contributed by atoms with E-state index in [4.69, 9.17) is 11.6 Å². The lowest BCUT2D eigenvalue weighted by molar-refractivity contribution is 0.445. The van der Waals surface area contributed by atoms with Gasteiger partial charge in [0.05, 0.1) is 5.02 Å². The molecule has 1 aromatic rings. The van der Waals surface area contributed by atoms with E-state index in [1.54, 1.807) is 11.3 Å². The first-order valence-electron chi connectivity index (χ1n) is 5.03. The largest absolute Gasteiger partial charge is 0.308 e. The first-order valence-corrected chi connectivity index (χ1v) is 6.29. The number of rotatable bonds is 3. The van der Waals surface area contributed by atoms with Crippen LogP contribution in [0.15, 0.2) is 17.0 Å². The Morgan fingerprint density at radius 3 is 2.67 bits per heavy atom. The molecule has 0 spiro atoms. The van der Waals surface area contributed by atoms with Gasteiger partial charge in [-0.25, -0.2) is 0 Å². The quantitative estimate of drug-likeness (QED) is 0.839. The second-order valence-corrected chi connectivity index (χ2v) is 6.14. The van der Waals surface area contributed by atoms with Gasteiger partial charge in [0.15, 0.2) is 0 Å². The molecule has 0 aliphatic carbocycles. The average molecular weight is 244 g/mol. The smallest absolute Gasteiger partial charge is 0.0519 e. The molecule has 1 aromatic heterocycles. The van der Waals surface area contributed by atoms with E-state index in [2.05, 4.69) is 39.1 Å². The first kappa shape index (κ1) is 12.8. The minimum absolute atomic E-state index is 0.169. The summed E-state index contributed by atoms with van der Waals surface area (Å²) in [6.07, 6.45) is 2.18. The highest BCUT2D eigenvalue weighted by Crippen LogP contribution is 2.21. The zero-order valence-electron chi connectivity index (χ0n) is 9.73. The SMILES string of the molecule is CC(=Cc1cc(Cl)cs1)CNC(C)(C)C. The molecular weight excluding hydrogens is 226 g/mol. The lowest BCUT2D eigenvalue weighted by Gasteiger charge is -2.20. The fraction of sp³-hybridized carbons (Fsp3) is 0.500. The molecule has 0 saturated carbocycles. The van der Waals surface area contributed by atoms with Crippen LogP contribution in [-0.2, 0) is 0 Å². The van der Waals surface area contributed by atoms with Crippen molar-refractivity contribution in [1.29, 1.82) is 0 Å². The highest BCUT2D eigenvalue weighted by atomic mass is 35.5. The normalized spacial score (nSPS) is 13.3. The van der Waals surface area contributed by atoms with Crippen molar-refractivity contribution >= 4 is 29.0 Å². The summed E-state index contributed by atoms with van der Waals surface area (Å²) in [6, 6.07) is 1.99. The summed E-state index contributed by atoms with van der Waals surface area (Å²) in [5.74, 6) is 0. The summed E-state index contributed by atoms with van der Waals surface area (Å²) >= 11 is 7.53.